The van der Waals surface area contributed by atoms with Crippen molar-refractivity contribution >= 4 is 0 Å². The number of methoxy groups -OCH3 is 1. The van der Waals surface area contributed by atoms with Crippen molar-refractivity contribution in [1.82, 2.24) is 9.88 Å². The van der Waals surface area contributed by atoms with Crippen molar-refractivity contribution in [3.05, 3.63) is 47.7 Å². The van der Waals surface area contributed by atoms with Gasteiger partial charge >= 0.3 is 0 Å². The number of likely N-dealkylation sites (tertiary alicyclic amines) is 1. The van der Waals surface area contributed by atoms with Crippen LogP contribution in [-0.4, -0.2) is 36.6 Å². The van der Waals surface area contributed by atoms with Crippen molar-refractivity contribution in [2.24, 2.45) is 0 Å². The second kappa shape index (κ2) is 6.56. The van der Waals surface area contributed by atoms with Gasteiger partial charge in [-0.05, 0) is 79.9 Å². The summed E-state index contributed by atoms with van der Waals surface area (Å²) in [5.74, 6) is 1.39. The summed E-state index contributed by atoms with van der Waals surface area (Å²) in [4.78, 5) is 6.77. The summed E-state index contributed by atoms with van der Waals surface area (Å²) in [6.07, 6.45) is 8.40. The molecule has 2 heterocycles. The van der Waals surface area contributed by atoms with Crippen LogP contribution < -0.4 is 4.74 Å². The Morgan fingerprint density at radius 3 is 2.83 bits per heavy atom. The lowest BCUT2D eigenvalue weighted by Gasteiger charge is -2.23. The van der Waals surface area contributed by atoms with Gasteiger partial charge in [-0.25, -0.2) is 4.98 Å². The van der Waals surface area contributed by atoms with Gasteiger partial charge < -0.3 is 9.64 Å². The Balaban J connectivity index is 1.60. The first-order chi connectivity index (χ1) is 11.7. The number of pyridine rings is 1. The third kappa shape index (κ3) is 2.93. The molecule has 2 aromatic rings. The molecule has 0 amide bonds. The Kier molecular flexibility index (Phi) is 4.28. The van der Waals surface area contributed by atoms with Crippen LogP contribution in [0.5, 0.6) is 5.88 Å². The fraction of sp³-hybridized carbons (Fsp3) is 0.476. The van der Waals surface area contributed by atoms with E-state index in [4.69, 9.17) is 4.74 Å². The highest BCUT2D eigenvalue weighted by molar-refractivity contribution is 5.66. The Morgan fingerprint density at radius 1 is 1.17 bits per heavy atom. The molecule has 1 aromatic carbocycles. The van der Waals surface area contributed by atoms with E-state index in [2.05, 4.69) is 41.2 Å². The van der Waals surface area contributed by atoms with Crippen LogP contribution in [0.25, 0.3) is 11.1 Å². The SMILES string of the molecule is COc1cc(-c2ccc3c(c2)C(C[C@H]2CCCN2C)CC3)ccn1. The minimum atomic E-state index is 0.678. The number of hydrogen-bond acceptors (Lipinski definition) is 3. The summed E-state index contributed by atoms with van der Waals surface area (Å²) in [6, 6.07) is 11.9. The molecule has 2 aliphatic rings. The normalized spacial score (nSPS) is 23.4. The quantitative estimate of drug-likeness (QED) is 0.840. The highest BCUT2D eigenvalue weighted by Crippen LogP contribution is 2.40. The fourth-order valence-corrected chi connectivity index (χ4v) is 4.42. The van der Waals surface area contributed by atoms with Crippen LogP contribution in [0.3, 0.4) is 0 Å². The summed E-state index contributed by atoms with van der Waals surface area (Å²) in [6.45, 7) is 1.26. The molecule has 3 nitrogen and oxygen atoms in total. The molecule has 24 heavy (non-hydrogen) atoms. The maximum absolute atomic E-state index is 5.27. The van der Waals surface area contributed by atoms with E-state index in [0.717, 1.165) is 6.04 Å². The van der Waals surface area contributed by atoms with E-state index in [0.29, 0.717) is 11.8 Å². The third-order valence-electron chi connectivity index (χ3n) is 5.85. The summed E-state index contributed by atoms with van der Waals surface area (Å²) in [5.41, 5.74) is 5.59. The summed E-state index contributed by atoms with van der Waals surface area (Å²) >= 11 is 0. The lowest BCUT2D eigenvalue weighted by Crippen LogP contribution is -2.26. The predicted octanol–water partition coefficient (Wildman–Crippen LogP) is 4.27. The highest BCUT2D eigenvalue weighted by atomic mass is 16.5. The topological polar surface area (TPSA) is 25.4 Å². The van der Waals surface area contributed by atoms with Gasteiger partial charge in [-0.15, -0.1) is 0 Å². The molecule has 1 aromatic heterocycles. The number of hydrogen-bond donors (Lipinski definition) is 0. The molecule has 1 aliphatic heterocycles. The van der Waals surface area contributed by atoms with E-state index >= 15 is 0 Å². The molecule has 4 rings (SSSR count). The smallest absolute Gasteiger partial charge is 0.213 e. The van der Waals surface area contributed by atoms with E-state index in [1.807, 2.05) is 12.3 Å². The predicted molar refractivity (Wildman–Crippen MR) is 97.6 cm³/mol. The zero-order chi connectivity index (χ0) is 16.5. The maximum Gasteiger partial charge on any atom is 0.213 e. The van der Waals surface area contributed by atoms with Crippen LogP contribution in [0.1, 0.15) is 42.7 Å². The first-order valence-corrected chi connectivity index (χ1v) is 9.08. The summed E-state index contributed by atoms with van der Waals surface area (Å²) in [7, 11) is 3.95. The Bertz CT molecular complexity index is 728. The largest absolute Gasteiger partial charge is 0.481 e. The molecular weight excluding hydrogens is 296 g/mol. The van der Waals surface area contributed by atoms with Crippen LogP contribution in [0.4, 0.5) is 0 Å². The van der Waals surface area contributed by atoms with Crippen LogP contribution in [0.2, 0.25) is 0 Å². The maximum atomic E-state index is 5.27. The van der Waals surface area contributed by atoms with E-state index in [1.54, 1.807) is 18.2 Å². The molecule has 3 heteroatoms. The molecule has 0 saturated carbocycles. The van der Waals surface area contributed by atoms with Gasteiger partial charge in [-0.2, -0.15) is 0 Å². The van der Waals surface area contributed by atoms with Crippen LogP contribution in [-0.2, 0) is 6.42 Å². The van der Waals surface area contributed by atoms with Crippen molar-refractivity contribution < 1.29 is 4.74 Å². The zero-order valence-corrected chi connectivity index (χ0v) is 14.7. The average molecular weight is 322 g/mol. The molecule has 2 atom stereocenters. The number of nitrogens with zero attached hydrogens (tertiary/aromatic N) is 2. The van der Waals surface area contributed by atoms with Gasteiger partial charge in [0.05, 0.1) is 7.11 Å². The van der Waals surface area contributed by atoms with Gasteiger partial charge in [0.2, 0.25) is 5.88 Å². The molecule has 1 saturated heterocycles. The molecule has 1 fully saturated rings. The number of fused-ring (bicyclic) bond motifs is 1. The number of aryl methyl sites for hydroxylation is 1. The van der Waals surface area contributed by atoms with Crippen LogP contribution >= 0.6 is 0 Å². The van der Waals surface area contributed by atoms with Gasteiger partial charge in [0.25, 0.3) is 0 Å². The Morgan fingerprint density at radius 2 is 2.04 bits per heavy atom. The van der Waals surface area contributed by atoms with Crippen molar-refractivity contribution in [2.45, 2.75) is 44.1 Å². The van der Waals surface area contributed by atoms with E-state index < -0.39 is 0 Å². The molecule has 0 radical (unpaired) electrons. The molecule has 0 N–H and O–H groups in total. The summed E-state index contributed by atoms with van der Waals surface area (Å²) in [5, 5.41) is 0. The molecule has 126 valence electrons. The van der Waals surface area contributed by atoms with E-state index in [9.17, 15) is 0 Å². The van der Waals surface area contributed by atoms with E-state index in [1.165, 1.54) is 49.8 Å². The van der Waals surface area contributed by atoms with Crippen LogP contribution in [0.15, 0.2) is 36.5 Å². The Labute approximate surface area is 144 Å². The fourth-order valence-electron chi connectivity index (χ4n) is 4.42. The highest BCUT2D eigenvalue weighted by Gasteiger charge is 2.29. The van der Waals surface area contributed by atoms with Crippen molar-refractivity contribution in [2.75, 3.05) is 20.7 Å². The molecule has 1 aliphatic carbocycles. The number of rotatable bonds is 4. The number of ether oxygens (including phenoxy) is 1. The Hall–Kier alpha value is -1.87. The number of aromatic nitrogens is 1. The van der Waals surface area contributed by atoms with Gasteiger partial charge in [0.15, 0.2) is 0 Å². The third-order valence-corrected chi connectivity index (χ3v) is 5.85. The molecule has 1 unspecified atom stereocenters. The van der Waals surface area contributed by atoms with Crippen molar-refractivity contribution in [3.8, 4) is 17.0 Å². The first-order valence-electron chi connectivity index (χ1n) is 9.08. The zero-order valence-electron chi connectivity index (χ0n) is 14.7. The average Bonchev–Trinajstić information content (AvgIpc) is 3.21. The summed E-state index contributed by atoms with van der Waals surface area (Å²) < 4.78 is 5.27. The lowest BCUT2D eigenvalue weighted by molar-refractivity contribution is 0.281. The standard InChI is InChI=1S/C21H26N2O/c1-23-11-3-4-19(23)12-18-8-6-15-5-7-16(13-20(15)18)17-9-10-22-21(14-17)24-2/h5,7,9-10,13-14,18-19H,3-4,6,8,11-12H2,1-2H3/t18?,19-/m1/s1. The first kappa shape index (κ1) is 15.6. The van der Waals surface area contributed by atoms with Crippen molar-refractivity contribution in [3.63, 3.8) is 0 Å². The minimum absolute atomic E-state index is 0.678. The van der Waals surface area contributed by atoms with E-state index in [-0.39, 0.29) is 0 Å². The number of benzene rings is 1. The molecule has 0 spiro atoms. The van der Waals surface area contributed by atoms with Gasteiger partial charge in [-0.3, -0.25) is 0 Å². The lowest BCUT2D eigenvalue weighted by atomic mass is 9.91. The van der Waals surface area contributed by atoms with Crippen LogP contribution in [0, 0.1) is 0 Å². The molecular formula is C21H26N2O. The second-order valence-corrected chi connectivity index (χ2v) is 7.25. The van der Waals surface area contributed by atoms with Crippen molar-refractivity contribution in [1.29, 1.82) is 0 Å². The van der Waals surface area contributed by atoms with Gasteiger partial charge in [-0.1, -0.05) is 18.2 Å². The minimum Gasteiger partial charge on any atom is -0.481 e. The van der Waals surface area contributed by atoms with Gasteiger partial charge in [0, 0.05) is 18.3 Å². The van der Waals surface area contributed by atoms with Gasteiger partial charge in [0.1, 0.15) is 0 Å². The second-order valence-electron chi connectivity index (χ2n) is 7.25. The molecule has 0 bridgehead atoms. The monoisotopic (exact) mass is 322 g/mol.